The van der Waals surface area contributed by atoms with E-state index in [9.17, 15) is 4.39 Å². The standard InChI is InChI=1S/C16H19ClFN/c17-12-7-11(18)4-3-8(12)6-13(19)16-14-9-1-2-10(5-9)15(14)16/h3-4,7,9-10,13-16H,1-2,5-6,19H2. The Kier molecular flexibility index (Phi) is 2.69. The Morgan fingerprint density at radius 1 is 1.26 bits per heavy atom. The zero-order valence-electron chi connectivity index (χ0n) is 10.9. The fourth-order valence-electron chi connectivity index (χ4n) is 5.04. The fourth-order valence-corrected chi connectivity index (χ4v) is 5.29. The molecule has 2 N–H and O–H groups in total. The summed E-state index contributed by atoms with van der Waals surface area (Å²) in [5, 5.41) is 0.518. The van der Waals surface area contributed by atoms with Crippen molar-refractivity contribution in [3.05, 3.63) is 34.6 Å². The molecule has 1 aromatic rings. The van der Waals surface area contributed by atoms with Crippen LogP contribution in [0.5, 0.6) is 0 Å². The molecule has 0 aromatic heterocycles. The molecule has 3 fully saturated rings. The lowest BCUT2D eigenvalue weighted by Crippen LogP contribution is -2.28. The largest absolute Gasteiger partial charge is 0.327 e. The number of hydrogen-bond donors (Lipinski definition) is 1. The third-order valence-corrected chi connectivity index (χ3v) is 6.11. The average Bonchev–Trinajstić information content (AvgIpc) is 2.82. The molecule has 19 heavy (non-hydrogen) atoms. The molecule has 0 aliphatic heterocycles. The summed E-state index contributed by atoms with van der Waals surface area (Å²) in [5.74, 6) is 4.13. The van der Waals surface area contributed by atoms with Crippen molar-refractivity contribution in [2.45, 2.75) is 31.7 Å². The van der Waals surface area contributed by atoms with Crippen LogP contribution in [0, 0.1) is 35.4 Å². The molecule has 0 heterocycles. The van der Waals surface area contributed by atoms with Crippen LogP contribution in [0.2, 0.25) is 5.02 Å². The Labute approximate surface area is 118 Å². The molecule has 3 saturated carbocycles. The third-order valence-electron chi connectivity index (χ3n) is 5.76. The molecule has 0 radical (unpaired) electrons. The van der Waals surface area contributed by atoms with Crippen molar-refractivity contribution in [1.29, 1.82) is 0 Å². The topological polar surface area (TPSA) is 26.0 Å². The number of halogens is 2. The lowest BCUT2D eigenvalue weighted by molar-refractivity contribution is 0.409. The van der Waals surface area contributed by atoms with Crippen molar-refractivity contribution in [2.24, 2.45) is 35.3 Å². The summed E-state index contributed by atoms with van der Waals surface area (Å²) in [6, 6.07) is 4.85. The van der Waals surface area contributed by atoms with Crippen molar-refractivity contribution < 1.29 is 4.39 Å². The van der Waals surface area contributed by atoms with Gasteiger partial charge in [-0.15, -0.1) is 0 Å². The summed E-state index contributed by atoms with van der Waals surface area (Å²) in [6.45, 7) is 0. The van der Waals surface area contributed by atoms with Gasteiger partial charge in [-0.05, 0) is 73.0 Å². The highest BCUT2D eigenvalue weighted by Gasteiger charge is 2.65. The molecule has 0 spiro atoms. The van der Waals surface area contributed by atoms with E-state index in [0.717, 1.165) is 35.7 Å². The van der Waals surface area contributed by atoms with Gasteiger partial charge in [-0.25, -0.2) is 4.39 Å². The summed E-state index contributed by atoms with van der Waals surface area (Å²) >= 11 is 6.09. The maximum Gasteiger partial charge on any atom is 0.124 e. The van der Waals surface area contributed by atoms with E-state index in [1.165, 1.54) is 31.4 Å². The van der Waals surface area contributed by atoms with Crippen molar-refractivity contribution >= 4 is 11.6 Å². The van der Waals surface area contributed by atoms with Crippen LogP contribution in [-0.2, 0) is 6.42 Å². The van der Waals surface area contributed by atoms with Crippen LogP contribution >= 0.6 is 11.6 Å². The number of fused-ring (bicyclic) bond motifs is 5. The van der Waals surface area contributed by atoms with E-state index in [2.05, 4.69) is 0 Å². The highest BCUT2D eigenvalue weighted by atomic mass is 35.5. The minimum absolute atomic E-state index is 0.196. The smallest absolute Gasteiger partial charge is 0.124 e. The molecule has 3 aliphatic carbocycles. The maximum atomic E-state index is 13.0. The van der Waals surface area contributed by atoms with E-state index in [0.29, 0.717) is 10.9 Å². The molecular formula is C16H19ClFN. The summed E-state index contributed by atoms with van der Waals surface area (Å²) in [5.41, 5.74) is 7.40. The Balaban J connectivity index is 1.47. The molecule has 4 rings (SSSR count). The average molecular weight is 280 g/mol. The van der Waals surface area contributed by atoms with E-state index in [4.69, 9.17) is 17.3 Å². The van der Waals surface area contributed by atoms with Crippen molar-refractivity contribution in [3.63, 3.8) is 0 Å². The molecule has 102 valence electrons. The second kappa shape index (κ2) is 4.20. The molecule has 1 nitrogen and oxygen atoms in total. The first-order valence-corrected chi connectivity index (χ1v) is 7.72. The Bertz CT molecular complexity index is 501. The summed E-state index contributed by atoms with van der Waals surface area (Å²) in [7, 11) is 0. The summed E-state index contributed by atoms with van der Waals surface area (Å²) in [4.78, 5) is 0. The predicted molar refractivity (Wildman–Crippen MR) is 74.4 cm³/mol. The van der Waals surface area contributed by atoms with Crippen molar-refractivity contribution in [1.82, 2.24) is 0 Å². The van der Waals surface area contributed by atoms with Gasteiger partial charge >= 0.3 is 0 Å². The van der Waals surface area contributed by atoms with Gasteiger partial charge in [0.1, 0.15) is 5.82 Å². The van der Waals surface area contributed by atoms with Gasteiger partial charge in [0, 0.05) is 11.1 Å². The Morgan fingerprint density at radius 3 is 2.58 bits per heavy atom. The van der Waals surface area contributed by atoms with Gasteiger partial charge in [0.05, 0.1) is 0 Å². The van der Waals surface area contributed by atoms with E-state index in [1.54, 1.807) is 6.07 Å². The molecule has 0 amide bonds. The summed E-state index contributed by atoms with van der Waals surface area (Å²) < 4.78 is 13.0. The van der Waals surface area contributed by atoms with Crippen molar-refractivity contribution in [2.75, 3.05) is 0 Å². The van der Waals surface area contributed by atoms with Crippen LogP contribution in [0.3, 0.4) is 0 Å². The summed E-state index contributed by atoms with van der Waals surface area (Å²) in [6.07, 6.45) is 5.09. The number of rotatable bonds is 3. The zero-order chi connectivity index (χ0) is 13.1. The van der Waals surface area contributed by atoms with Gasteiger partial charge in [0.15, 0.2) is 0 Å². The van der Waals surface area contributed by atoms with Gasteiger partial charge in [-0.3, -0.25) is 0 Å². The molecule has 3 aliphatic rings. The highest BCUT2D eigenvalue weighted by molar-refractivity contribution is 6.31. The first kappa shape index (κ1) is 12.2. The lowest BCUT2D eigenvalue weighted by Gasteiger charge is -2.17. The Hall–Kier alpha value is -0.600. The van der Waals surface area contributed by atoms with Crippen LogP contribution in [0.1, 0.15) is 24.8 Å². The molecule has 2 bridgehead atoms. The quantitative estimate of drug-likeness (QED) is 0.898. The molecule has 5 unspecified atom stereocenters. The molecule has 1 aromatic carbocycles. The van der Waals surface area contributed by atoms with Crippen LogP contribution in [0.25, 0.3) is 0 Å². The minimum Gasteiger partial charge on any atom is -0.327 e. The van der Waals surface area contributed by atoms with Crippen LogP contribution in [0.4, 0.5) is 4.39 Å². The predicted octanol–water partition coefficient (Wildman–Crippen LogP) is 3.64. The maximum absolute atomic E-state index is 13.0. The first-order valence-electron chi connectivity index (χ1n) is 7.34. The molecule has 0 saturated heterocycles. The van der Waals surface area contributed by atoms with Crippen LogP contribution in [0.15, 0.2) is 18.2 Å². The van der Waals surface area contributed by atoms with Gasteiger partial charge in [-0.1, -0.05) is 17.7 Å². The van der Waals surface area contributed by atoms with Crippen LogP contribution in [-0.4, -0.2) is 6.04 Å². The molecule has 3 heteroatoms. The normalized spacial score (nSPS) is 40.3. The monoisotopic (exact) mass is 279 g/mol. The van der Waals surface area contributed by atoms with E-state index in [-0.39, 0.29) is 11.9 Å². The van der Waals surface area contributed by atoms with Gasteiger partial charge in [0.25, 0.3) is 0 Å². The molecule has 5 atom stereocenters. The lowest BCUT2D eigenvalue weighted by atomic mass is 9.94. The number of nitrogens with two attached hydrogens (primary N) is 1. The Morgan fingerprint density at radius 2 is 1.95 bits per heavy atom. The third kappa shape index (κ3) is 1.84. The second-order valence-corrected chi connectivity index (χ2v) is 7.08. The zero-order valence-corrected chi connectivity index (χ0v) is 11.6. The van der Waals surface area contributed by atoms with Gasteiger partial charge in [-0.2, -0.15) is 0 Å². The minimum atomic E-state index is -0.274. The van der Waals surface area contributed by atoms with Gasteiger partial charge < -0.3 is 5.73 Å². The van der Waals surface area contributed by atoms with Crippen molar-refractivity contribution in [3.8, 4) is 0 Å². The molecular weight excluding hydrogens is 261 g/mol. The van der Waals surface area contributed by atoms with Gasteiger partial charge in [0.2, 0.25) is 0 Å². The SMILES string of the molecule is NC(Cc1ccc(F)cc1Cl)C1C2C3CCC(C3)C12. The second-order valence-electron chi connectivity index (χ2n) is 6.67. The fraction of sp³-hybridized carbons (Fsp3) is 0.625. The van der Waals surface area contributed by atoms with E-state index >= 15 is 0 Å². The van der Waals surface area contributed by atoms with E-state index in [1.807, 2.05) is 0 Å². The van der Waals surface area contributed by atoms with E-state index < -0.39 is 0 Å². The first-order chi connectivity index (χ1) is 9.15. The van der Waals surface area contributed by atoms with Crippen LogP contribution < -0.4 is 5.73 Å². The number of benzene rings is 1. The number of hydrogen-bond acceptors (Lipinski definition) is 1. The highest BCUT2D eigenvalue weighted by Crippen LogP contribution is 2.70.